The van der Waals surface area contributed by atoms with E-state index in [0.717, 1.165) is 54.0 Å². The van der Waals surface area contributed by atoms with Crippen molar-refractivity contribution in [3.63, 3.8) is 0 Å². The Morgan fingerprint density at radius 2 is 2.00 bits per heavy atom. The summed E-state index contributed by atoms with van der Waals surface area (Å²) < 4.78 is 19.9. The number of methoxy groups -OCH3 is 1. The SMILES string of the molecule is C=CCC/C=C/c1ncc(CN2CCc3cc(F)c(OC)cc3C2c2ccc(C(=O)N(CC)CC)cc2)[nH]1. The Kier molecular flexibility index (Phi) is 9.13. The van der Waals surface area contributed by atoms with Gasteiger partial charge in [-0.1, -0.05) is 24.3 Å². The summed E-state index contributed by atoms with van der Waals surface area (Å²) in [6, 6.07) is 11.1. The molecule has 1 aromatic heterocycles. The van der Waals surface area contributed by atoms with E-state index in [0.29, 0.717) is 25.2 Å². The predicted molar refractivity (Wildman–Crippen MR) is 150 cm³/mol. The number of hydrogen-bond donors (Lipinski definition) is 1. The molecular formula is C31H37FN4O2. The number of benzene rings is 2. The van der Waals surface area contributed by atoms with E-state index in [1.807, 2.05) is 67.4 Å². The van der Waals surface area contributed by atoms with Gasteiger partial charge < -0.3 is 14.6 Å². The van der Waals surface area contributed by atoms with Crippen molar-refractivity contribution >= 4 is 12.0 Å². The van der Waals surface area contributed by atoms with Crippen LogP contribution in [0.1, 0.15) is 71.3 Å². The fourth-order valence-electron chi connectivity index (χ4n) is 5.06. The van der Waals surface area contributed by atoms with Gasteiger partial charge in [0.15, 0.2) is 11.6 Å². The first-order chi connectivity index (χ1) is 18.5. The van der Waals surface area contributed by atoms with Crippen LogP contribution < -0.4 is 4.74 Å². The molecule has 1 aliphatic heterocycles. The number of unbranched alkanes of at least 4 members (excludes halogenated alkanes) is 1. The molecule has 7 heteroatoms. The largest absolute Gasteiger partial charge is 0.494 e. The van der Waals surface area contributed by atoms with Crippen LogP contribution in [0.4, 0.5) is 4.39 Å². The fraction of sp³-hybridized carbons (Fsp3) is 0.355. The van der Waals surface area contributed by atoms with E-state index >= 15 is 0 Å². The van der Waals surface area contributed by atoms with Gasteiger partial charge in [0, 0.05) is 43.6 Å². The smallest absolute Gasteiger partial charge is 0.253 e. The van der Waals surface area contributed by atoms with Crippen molar-refractivity contribution in [2.45, 2.75) is 45.7 Å². The van der Waals surface area contributed by atoms with Gasteiger partial charge in [-0.15, -0.1) is 6.58 Å². The average Bonchev–Trinajstić information content (AvgIpc) is 3.38. The second-order valence-electron chi connectivity index (χ2n) is 9.47. The van der Waals surface area contributed by atoms with Gasteiger partial charge in [0.05, 0.1) is 13.2 Å². The first-order valence-electron chi connectivity index (χ1n) is 13.3. The Hall–Kier alpha value is -3.71. The maximum Gasteiger partial charge on any atom is 0.253 e. The zero-order valence-electron chi connectivity index (χ0n) is 22.5. The highest BCUT2D eigenvalue weighted by atomic mass is 19.1. The van der Waals surface area contributed by atoms with Gasteiger partial charge in [-0.2, -0.15) is 0 Å². The number of aromatic amines is 1. The number of aromatic nitrogens is 2. The third-order valence-corrected chi connectivity index (χ3v) is 7.10. The normalized spacial score (nSPS) is 15.4. The Morgan fingerprint density at radius 1 is 1.24 bits per heavy atom. The molecule has 4 rings (SSSR count). The van der Waals surface area contributed by atoms with Crippen LogP contribution in [-0.2, 0) is 13.0 Å². The number of hydrogen-bond acceptors (Lipinski definition) is 4. The predicted octanol–water partition coefficient (Wildman–Crippen LogP) is 6.17. The maximum atomic E-state index is 14.6. The maximum absolute atomic E-state index is 14.6. The van der Waals surface area contributed by atoms with Crippen molar-refractivity contribution in [1.29, 1.82) is 0 Å². The number of fused-ring (bicyclic) bond motifs is 1. The molecule has 2 heterocycles. The second-order valence-corrected chi connectivity index (χ2v) is 9.47. The quantitative estimate of drug-likeness (QED) is 0.245. The van der Waals surface area contributed by atoms with Gasteiger partial charge in [0.25, 0.3) is 5.91 Å². The molecule has 0 fully saturated rings. The average molecular weight is 517 g/mol. The molecule has 1 atom stereocenters. The molecule has 1 N–H and O–H groups in total. The molecule has 1 unspecified atom stereocenters. The highest BCUT2D eigenvalue weighted by Crippen LogP contribution is 2.39. The molecule has 1 amide bonds. The number of ether oxygens (including phenoxy) is 1. The van der Waals surface area contributed by atoms with Crippen LogP contribution in [0, 0.1) is 5.82 Å². The van der Waals surface area contributed by atoms with Crippen LogP contribution >= 0.6 is 0 Å². The number of halogens is 1. The molecule has 0 saturated carbocycles. The van der Waals surface area contributed by atoms with Crippen LogP contribution in [0.3, 0.4) is 0 Å². The summed E-state index contributed by atoms with van der Waals surface area (Å²) in [6.45, 7) is 10.5. The summed E-state index contributed by atoms with van der Waals surface area (Å²) in [7, 11) is 1.49. The van der Waals surface area contributed by atoms with Crippen LogP contribution in [0.15, 0.2) is 61.3 Å². The molecule has 38 heavy (non-hydrogen) atoms. The highest BCUT2D eigenvalue weighted by Gasteiger charge is 2.31. The number of rotatable bonds is 11. The number of nitrogens with zero attached hydrogens (tertiary/aromatic N) is 3. The van der Waals surface area contributed by atoms with Crippen molar-refractivity contribution in [2.24, 2.45) is 0 Å². The van der Waals surface area contributed by atoms with Gasteiger partial charge in [0.2, 0.25) is 0 Å². The standard InChI is InChI=1S/C31H37FN4O2/c1-5-8-9-10-11-29-33-20-25(34-29)21-36-17-16-24-18-27(32)28(38-4)19-26(24)30(36)22-12-14-23(15-13-22)31(37)35(6-2)7-3/h5,10-15,18-20,30H,1,6-9,16-17,21H2,2-4H3,(H,33,34)/b11-10+. The summed E-state index contributed by atoms with van der Waals surface area (Å²) in [4.78, 5) is 25.0. The van der Waals surface area contributed by atoms with Crippen molar-refractivity contribution in [3.05, 3.63) is 101 Å². The number of imidazole rings is 1. The van der Waals surface area contributed by atoms with Crippen molar-refractivity contribution < 1.29 is 13.9 Å². The molecule has 0 saturated heterocycles. The molecule has 6 nitrogen and oxygen atoms in total. The summed E-state index contributed by atoms with van der Waals surface area (Å²) in [5, 5.41) is 0. The molecule has 0 bridgehead atoms. The lowest BCUT2D eigenvalue weighted by Crippen LogP contribution is -2.36. The third kappa shape index (κ3) is 6.05. The lowest BCUT2D eigenvalue weighted by molar-refractivity contribution is 0.0773. The van der Waals surface area contributed by atoms with E-state index in [1.54, 1.807) is 6.07 Å². The Balaban J connectivity index is 1.65. The zero-order chi connectivity index (χ0) is 27.1. The van der Waals surface area contributed by atoms with Crippen LogP contribution in [0.25, 0.3) is 6.08 Å². The molecular weight excluding hydrogens is 479 g/mol. The fourth-order valence-corrected chi connectivity index (χ4v) is 5.06. The van der Waals surface area contributed by atoms with Crippen molar-refractivity contribution in [1.82, 2.24) is 19.8 Å². The minimum Gasteiger partial charge on any atom is -0.494 e. The van der Waals surface area contributed by atoms with E-state index in [-0.39, 0.29) is 23.5 Å². The van der Waals surface area contributed by atoms with Crippen molar-refractivity contribution in [2.75, 3.05) is 26.7 Å². The zero-order valence-corrected chi connectivity index (χ0v) is 22.5. The van der Waals surface area contributed by atoms with Crippen LogP contribution in [-0.4, -0.2) is 52.4 Å². The summed E-state index contributed by atoms with van der Waals surface area (Å²) in [5.41, 5.74) is 4.70. The summed E-state index contributed by atoms with van der Waals surface area (Å²) in [5.74, 6) is 0.732. The number of carbonyl (C=O) groups excluding carboxylic acids is 1. The molecule has 0 spiro atoms. The lowest BCUT2D eigenvalue weighted by atomic mass is 9.87. The molecule has 2 aromatic carbocycles. The summed E-state index contributed by atoms with van der Waals surface area (Å²) in [6.07, 6.45) is 10.4. The van der Waals surface area contributed by atoms with E-state index in [9.17, 15) is 9.18 Å². The van der Waals surface area contributed by atoms with E-state index in [1.165, 1.54) is 7.11 Å². The number of allylic oxidation sites excluding steroid dienone is 2. The summed E-state index contributed by atoms with van der Waals surface area (Å²) >= 11 is 0. The lowest BCUT2D eigenvalue weighted by Gasteiger charge is -2.37. The van der Waals surface area contributed by atoms with Gasteiger partial charge in [0.1, 0.15) is 5.82 Å². The van der Waals surface area contributed by atoms with E-state index < -0.39 is 0 Å². The highest BCUT2D eigenvalue weighted by molar-refractivity contribution is 5.94. The van der Waals surface area contributed by atoms with Crippen LogP contribution in [0.2, 0.25) is 0 Å². The van der Waals surface area contributed by atoms with Gasteiger partial charge in [-0.3, -0.25) is 9.69 Å². The number of H-pyrrole nitrogens is 1. The first kappa shape index (κ1) is 27.3. The molecule has 200 valence electrons. The number of amides is 1. The second kappa shape index (κ2) is 12.7. The molecule has 1 aliphatic rings. The number of carbonyl (C=O) groups is 1. The van der Waals surface area contributed by atoms with Gasteiger partial charge in [-0.25, -0.2) is 9.37 Å². The monoisotopic (exact) mass is 516 g/mol. The third-order valence-electron chi connectivity index (χ3n) is 7.10. The van der Waals surface area contributed by atoms with E-state index in [2.05, 4.69) is 27.5 Å². The first-order valence-corrected chi connectivity index (χ1v) is 13.3. The Bertz CT molecular complexity index is 1280. The van der Waals surface area contributed by atoms with Crippen LogP contribution in [0.5, 0.6) is 5.75 Å². The van der Waals surface area contributed by atoms with Gasteiger partial charge in [-0.05, 0) is 80.1 Å². The number of nitrogens with one attached hydrogen (secondary N) is 1. The topological polar surface area (TPSA) is 61.5 Å². The molecule has 3 aromatic rings. The molecule has 0 aliphatic carbocycles. The Labute approximate surface area is 224 Å². The minimum absolute atomic E-state index is 0.0253. The minimum atomic E-state index is -0.347. The van der Waals surface area contributed by atoms with E-state index in [4.69, 9.17) is 4.74 Å². The Morgan fingerprint density at radius 3 is 2.68 bits per heavy atom. The molecule has 0 radical (unpaired) electrons. The van der Waals surface area contributed by atoms with Gasteiger partial charge >= 0.3 is 0 Å². The van der Waals surface area contributed by atoms with Crippen molar-refractivity contribution in [3.8, 4) is 5.75 Å².